The maximum Gasteiger partial charge on any atom is 0.311 e. The molecule has 1 aromatic heterocycles. The van der Waals surface area contributed by atoms with Crippen molar-refractivity contribution >= 4 is 17.3 Å². The number of anilines is 2. The van der Waals surface area contributed by atoms with Crippen molar-refractivity contribution in [2.45, 2.75) is 39.2 Å². The Balaban J connectivity index is 2.46. The molecule has 1 N–H and O–H groups in total. The van der Waals surface area contributed by atoms with Crippen LogP contribution in [0.4, 0.5) is 17.3 Å². The van der Waals surface area contributed by atoms with Gasteiger partial charge < -0.3 is 10.2 Å². The third-order valence-corrected chi connectivity index (χ3v) is 3.57. The lowest BCUT2D eigenvalue weighted by Gasteiger charge is -2.32. The Kier molecular flexibility index (Phi) is 3.59. The van der Waals surface area contributed by atoms with Gasteiger partial charge in [0, 0.05) is 24.7 Å². The largest absolute Gasteiger partial charge is 0.370 e. The highest BCUT2D eigenvalue weighted by Crippen LogP contribution is 2.37. The normalized spacial score (nSPS) is 17.5. The van der Waals surface area contributed by atoms with Gasteiger partial charge in [0.2, 0.25) is 5.82 Å². The number of rotatable bonds is 4. The van der Waals surface area contributed by atoms with Crippen LogP contribution in [0.15, 0.2) is 12.1 Å². The Morgan fingerprint density at radius 1 is 1.53 bits per heavy atom. The molecule has 0 saturated carbocycles. The molecule has 6 nitrogen and oxygen atoms in total. The van der Waals surface area contributed by atoms with Crippen LogP contribution in [-0.2, 0) is 0 Å². The monoisotopic (exact) mass is 264 g/mol. The lowest BCUT2D eigenvalue weighted by molar-refractivity contribution is -0.384. The van der Waals surface area contributed by atoms with Crippen LogP contribution in [0, 0.1) is 10.1 Å². The molecule has 0 aromatic carbocycles. The maximum absolute atomic E-state index is 11.2. The lowest BCUT2D eigenvalue weighted by Crippen LogP contribution is -2.39. The zero-order chi connectivity index (χ0) is 14.0. The molecule has 0 atom stereocenters. The summed E-state index contributed by atoms with van der Waals surface area (Å²) in [4.78, 5) is 17.3. The number of hydrogen-bond donors (Lipinski definition) is 1. The van der Waals surface area contributed by atoms with Crippen LogP contribution in [0.3, 0.4) is 0 Å². The summed E-state index contributed by atoms with van der Waals surface area (Å²) >= 11 is 0. The molecule has 1 aliphatic heterocycles. The fraction of sp³-hybridized carbons (Fsp3) is 0.615. The number of nitrogens with zero attached hydrogens (tertiary/aromatic N) is 3. The summed E-state index contributed by atoms with van der Waals surface area (Å²) in [6.07, 6.45) is 2.06. The molecule has 19 heavy (non-hydrogen) atoms. The van der Waals surface area contributed by atoms with E-state index in [1.54, 1.807) is 6.07 Å². The van der Waals surface area contributed by atoms with E-state index < -0.39 is 0 Å². The van der Waals surface area contributed by atoms with Gasteiger partial charge >= 0.3 is 5.69 Å². The molecule has 0 unspecified atom stereocenters. The van der Waals surface area contributed by atoms with Crippen LogP contribution in [0.25, 0.3) is 0 Å². The van der Waals surface area contributed by atoms with E-state index in [1.807, 2.05) is 11.8 Å². The molecule has 6 heteroatoms. The molecular formula is C13H20N4O2. The average Bonchev–Trinajstić information content (AvgIpc) is 2.69. The highest BCUT2D eigenvalue weighted by atomic mass is 16.6. The molecule has 0 radical (unpaired) electrons. The van der Waals surface area contributed by atoms with Gasteiger partial charge in [0.15, 0.2) is 0 Å². The van der Waals surface area contributed by atoms with E-state index >= 15 is 0 Å². The van der Waals surface area contributed by atoms with Gasteiger partial charge in [0.05, 0.1) is 4.92 Å². The van der Waals surface area contributed by atoms with Crippen molar-refractivity contribution in [2.24, 2.45) is 0 Å². The Hall–Kier alpha value is -1.85. The van der Waals surface area contributed by atoms with E-state index in [0.29, 0.717) is 11.6 Å². The number of nitrogens with one attached hydrogen (secondary N) is 1. The molecule has 1 saturated heterocycles. The minimum atomic E-state index is -0.355. The highest BCUT2D eigenvalue weighted by Gasteiger charge is 2.36. The van der Waals surface area contributed by atoms with Crippen LogP contribution in [0.1, 0.15) is 33.6 Å². The van der Waals surface area contributed by atoms with E-state index in [4.69, 9.17) is 0 Å². The summed E-state index contributed by atoms with van der Waals surface area (Å²) in [6, 6.07) is 3.20. The molecule has 0 spiro atoms. The molecule has 1 aliphatic rings. The number of hydrogen-bond acceptors (Lipinski definition) is 5. The fourth-order valence-electron chi connectivity index (χ4n) is 2.56. The summed E-state index contributed by atoms with van der Waals surface area (Å²) in [5.41, 5.74) is -0.000545. The van der Waals surface area contributed by atoms with Gasteiger partial charge in [-0.1, -0.05) is 0 Å². The molecular weight excluding hydrogens is 244 g/mol. The topological polar surface area (TPSA) is 71.3 Å². The zero-order valence-corrected chi connectivity index (χ0v) is 11.6. The second kappa shape index (κ2) is 5.03. The highest BCUT2D eigenvalue weighted by molar-refractivity contribution is 5.63. The van der Waals surface area contributed by atoms with Crippen molar-refractivity contribution in [3.8, 4) is 0 Å². The maximum atomic E-state index is 11.2. The summed E-state index contributed by atoms with van der Waals surface area (Å²) in [7, 11) is 0. The van der Waals surface area contributed by atoms with Crippen LogP contribution in [-0.4, -0.2) is 28.5 Å². The zero-order valence-electron chi connectivity index (χ0n) is 11.6. The number of aromatic nitrogens is 1. The fourth-order valence-corrected chi connectivity index (χ4v) is 2.56. The second-order valence-corrected chi connectivity index (χ2v) is 5.39. The molecule has 0 bridgehead atoms. The first kappa shape index (κ1) is 13.6. The van der Waals surface area contributed by atoms with Crippen LogP contribution >= 0.6 is 0 Å². The van der Waals surface area contributed by atoms with Gasteiger partial charge in [0.25, 0.3) is 0 Å². The Morgan fingerprint density at radius 2 is 2.26 bits per heavy atom. The van der Waals surface area contributed by atoms with Gasteiger partial charge in [-0.05, 0) is 39.7 Å². The van der Waals surface area contributed by atoms with Crippen molar-refractivity contribution in [3.63, 3.8) is 0 Å². The first-order chi connectivity index (χ1) is 8.95. The molecule has 0 amide bonds. The first-order valence-corrected chi connectivity index (χ1v) is 6.62. The summed E-state index contributed by atoms with van der Waals surface area (Å²) in [5.74, 6) is 1.16. The average molecular weight is 264 g/mol. The molecule has 1 fully saturated rings. The molecule has 2 rings (SSSR count). The molecule has 2 heterocycles. The minimum Gasteiger partial charge on any atom is -0.370 e. The van der Waals surface area contributed by atoms with Crippen LogP contribution in [0.2, 0.25) is 0 Å². The van der Waals surface area contributed by atoms with E-state index in [1.165, 1.54) is 6.07 Å². The van der Waals surface area contributed by atoms with E-state index in [2.05, 4.69) is 24.1 Å². The smallest absolute Gasteiger partial charge is 0.311 e. The van der Waals surface area contributed by atoms with Gasteiger partial charge in [-0.3, -0.25) is 10.1 Å². The summed E-state index contributed by atoms with van der Waals surface area (Å²) in [5, 5.41) is 14.3. The van der Waals surface area contributed by atoms with Crippen molar-refractivity contribution in [3.05, 3.63) is 22.2 Å². The number of nitro groups is 1. The third-order valence-electron chi connectivity index (χ3n) is 3.57. The standard InChI is InChI=1S/C13H20N4O2/c1-4-14-11-7-6-10(17(18)19)12(15-11)16-9-5-8-13(16,2)3/h6-7H,4-5,8-9H2,1-3H3,(H,14,15). The molecule has 104 valence electrons. The predicted octanol–water partition coefficient (Wildman–Crippen LogP) is 2.80. The van der Waals surface area contributed by atoms with Crippen molar-refractivity contribution in [2.75, 3.05) is 23.3 Å². The van der Waals surface area contributed by atoms with E-state index in [0.717, 1.165) is 25.9 Å². The van der Waals surface area contributed by atoms with Gasteiger partial charge in [-0.2, -0.15) is 0 Å². The van der Waals surface area contributed by atoms with Gasteiger partial charge in [-0.15, -0.1) is 0 Å². The lowest BCUT2D eigenvalue weighted by atomic mass is 10.0. The van der Waals surface area contributed by atoms with E-state index in [-0.39, 0.29) is 16.1 Å². The Bertz CT molecular complexity index is 488. The summed E-state index contributed by atoms with van der Waals surface area (Å²) < 4.78 is 0. The van der Waals surface area contributed by atoms with Gasteiger partial charge in [-0.25, -0.2) is 4.98 Å². The summed E-state index contributed by atoms with van der Waals surface area (Å²) in [6.45, 7) is 7.74. The predicted molar refractivity (Wildman–Crippen MR) is 75.7 cm³/mol. The minimum absolute atomic E-state index is 0.0802. The van der Waals surface area contributed by atoms with Crippen molar-refractivity contribution < 1.29 is 4.92 Å². The quantitative estimate of drug-likeness (QED) is 0.668. The number of pyridine rings is 1. The molecule has 0 aliphatic carbocycles. The molecule has 1 aromatic rings. The van der Waals surface area contributed by atoms with E-state index in [9.17, 15) is 10.1 Å². The van der Waals surface area contributed by atoms with Crippen LogP contribution in [0.5, 0.6) is 0 Å². The Labute approximate surface area is 113 Å². The SMILES string of the molecule is CCNc1ccc([N+](=O)[O-])c(N2CCCC2(C)C)n1. The van der Waals surface area contributed by atoms with Gasteiger partial charge in [0.1, 0.15) is 5.82 Å². The Morgan fingerprint density at radius 3 is 2.79 bits per heavy atom. The third kappa shape index (κ3) is 2.62. The first-order valence-electron chi connectivity index (χ1n) is 6.62. The van der Waals surface area contributed by atoms with Crippen molar-refractivity contribution in [1.29, 1.82) is 0 Å². The van der Waals surface area contributed by atoms with Crippen molar-refractivity contribution in [1.82, 2.24) is 4.98 Å². The van der Waals surface area contributed by atoms with Crippen LogP contribution < -0.4 is 10.2 Å². The second-order valence-electron chi connectivity index (χ2n) is 5.39.